The van der Waals surface area contributed by atoms with E-state index in [2.05, 4.69) is 4.98 Å². The molecule has 118 valence electrons. The molecule has 0 unspecified atom stereocenters. The second-order valence-electron chi connectivity index (χ2n) is 6.43. The van der Waals surface area contributed by atoms with Crippen molar-refractivity contribution >= 4 is 27.4 Å². The highest BCUT2D eigenvalue weighted by molar-refractivity contribution is 7.89. The first-order valence-corrected chi connectivity index (χ1v) is 8.36. The van der Waals surface area contributed by atoms with Gasteiger partial charge in [-0.1, -0.05) is 11.6 Å². The molecule has 2 rings (SSSR count). The highest BCUT2D eigenvalue weighted by atomic mass is 35.5. The van der Waals surface area contributed by atoms with Crippen LogP contribution in [-0.2, 0) is 14.8 Å². The number of ether oxygens (including phenoxy) is 1. The van der Waals surface area contributed by atoms with E-state index in [4.69, 9.17) is 22.1 Å². The Morgan fingerprint density at radius 3 is 2.29 bits per heavy atom. The predicted octanol–water partition coefficient (Wildman–Crippen LogP) is 1.90. The number of anilines is 1. The second kappa shape index (κ2) is 5.08. The minimum atomic E-state index is -3.69. The smallest absolute Gasteiger partial charge is 0.244 e. The highest BCUT2D eigenvalue weighted by Crippen LogP contribution is 2.32. The molecular formula is C13H20ClN3O3S. The van der Waals surface area contributed by atoms with E-state index in [1.165, 1.54) is 16.6 Å². The Balaban J connectivity index is 2.41. The van der Waals surface area contributed by atoms with Gasteiger partial charge in [0.1, 0.15) is 10.7 Å². The normalized spacial score (nSPS) is 22.1. The summed E-state index contributed by atoms with van der Waals surface area (Å²) >= 11 is 5.88. The van der Waals surface area contributed by atoms with Gasteiger partial charge in [-0.2, -0.15) is 4.31 Å². The number of halogens is 1. The summed E-state index contributed by atoms with van der Waals surface area (Å²) in [6.45, 7) is 7.99. The van der Waals surface area contributed by atoms with Gasteiger partial charge in [0, 0.05) is 19.3 Å². The van der Waals surface area contributed by atoms with Crippen LogP contribution in [0.25, 0.3) is 0 Å². The Labute approximate surface area is 130 Å². The van der Waals surface area contributed by atoms with E-state index in [0.29, 0.717) is 0 Å². The van der Waals surface area contributed by atoms with Crippen molar-refractivity contribution in [2.45, 2.75) is 43.8 Å². The summed E-state index contributed by atoms with van der Waals surface area (Å²) in [5.41, 5.74) is 4.39. The number of sulfonamides is 1. The van der Waals surface area contributed by atoms with Gasteiger partial charge in [-0.05, 0) is 33.8 Å². The number of aromatic nitrogens is 1. The number of pyridine rings is 1. The van der Waals surface area contributed by atoms with Gasteiger partial charge in [0.05, 0.1) is 16.2 Å². The molecule has 8 heteroatoms. The van der Waals surface area contributed by atoms with Crippen molar-refractivity contribution in [3.05, 3.63) is 17.3 Å². The number of nitrogen functional groups attached to an aromatic ring is 1. The molecule has 1 aromatic heterocycles. The molecule has 0 spiro atoms. The molecule has 0 aromatic carbocycles. The minimum Gasteiger partial charge on any atom is -0.382 e. The van der Waals surface area contributed by atoms with Gasteiger partial charge in [0.25, 0.3) is 0 Å². The highest BCUT2D eigenvalue weighted by Gasteiger charge is 2.43. The van der Waals surface area contributed by atoms with Gasteiger partial charge in [0.15, 0.2) is 0 Å². The Kier molecular flexibility index (Phi) is 3.99. The largest absolute Gasteiger partial charge is 0.382 e. The van der Waals surface area contributed by atoms with Crippen LogP contribution in [0.4, 0.5) is 5.82 Å². The first kappa shape index (κ1) is 16.5. The maximum atomic E-state index is 12.8. The summed E-state index contributed by atoms with van der Waals surface area (Å²) in [6.07, 6.45) is 1.23. The molecule has 1 aliphatic rings. The maximum absolute atomic E-state index is 12.8. The standard InChI is InChI=1S/C13H20ClN3O3S/c1-12(2)7-17(8-13(3,4)20-12)21(18,19)9-5-10(14)11(15)16-6-9/h5-6H,7-8H2,1-4H3,(H2,15,16). The van der Waals surface area contributed by atoms with Crippen molar-refractivity contribution in [3.8, 4) is 0 Å². The minimum absolute atomic E-state index is 0.0372. The molecule has 0 atom stereocenters. The molecule has 1 fully saturated rings. The van der Waals surface area contributed by atoms with Gasteiger partial charge in [-0.3, -0.25) is 0 Å². The van der Waals surface area contributed by atoms with Crippen LogP contribution in [0.5, 0.6) is 0 Å². The SMILES string of the molecule is CC1(C)CN(S(=O)(=O)c2cnc(N)c(Cl)c2)CC(C)(C)O1. The number of hydrogen-bond acceptors (Lipinski definition) is 5. The van der Waals surface area contributed by atoms with E-state index in [9.17, 15) is 8.42 Å². The quantitative estimate of drug-likeness (QED) is 0.893. The zero-order chi connectivity index (χ0) is 16.1. The molecule has 0 amide bonds. The third-order valence-electron chi connectivity index (χ3n) is 3.15. The van der Waals surface area contributed by atoms with Crippen molar-refractivity contribution in [2.75, 3.05) is 18.8 Å². The summed E-state index contributed by atoms with van der Waals surface area (Å²) in [6, 6.07) is 1.33. The van der Waals surface area contributed by atoms with Crippen LogP contribution in [0.2, 0.25) is 5.02 Å². The van der Waals surface area contributed by atoms with Crippen LogP contribution in [0.15, 0.2) is 17.2 Å². The van der Waals surface area contributed by atoms with Crippen molar-refractivity contribution in [1.29, 1.82) is 0 Å². The first-order valence-electron chi connectivity index (χ1n) is 6.54. The summed E-state index contributed by atoms with van der Waals surface area (Å²) in [7, 11) is -3.69. The van der Waals surface area contributed by atoms with E-state index in [1.807, 2.05) is 27.7 Å². The van der Waals surface area contributed by atoms with Gasteiger partial charge < -0.3 is 10.5 Å². The lowest BCUT2D eigenvalue weighted by molar-refractivity contribution is -0.163. The summed E-state index contributed by atoms with van der Waals surface area (Å²) in [4.78, 5) is 3.86. The van der Waals surface area contributed by atoms with Crippen LogP contribution in [0, 0.1) is 0 Å². The fraction of sp³-hybridized carbons (Fsp3) is 0.615. The third-order valence-corrected chi connectivity index (χ3v) is 5.21. The number of nitrogens with two attached hydrogens (primary N) is 1. The van der Waals surface area contributed by atoms with Crippen LogP contribution in [-0.4, -0.2) is 42.0 Å². The first-order chi connectivity index (χ1) is 9.43. The Morgan fingerprint density at radius 1 is 1.29 bits per heavy atom. The second-order valence-corrected chi connectivity index (χ2v) is 8.78. The monoisotopic (exact) mass is 333 g/mol. The van der Waals surface area contributed by atoms with E-state index in [0.717, 1.165) is 0 Å². The molecule has 2 heterocycles. The van der Waals surface area contributed by atoms with Crippen molar-refractivity contribution in [3.63, 3.8) is 0 Å². The molecule has 6 nitrogen and oxygen atoms in total. The average molecular weight is 334 g/mol. The fourth-order valence-corrected chi connectivity index (χ4v) is 4.55. The zero-order valence-corrected chi connectivity index (χ0v) is 14.1. The van der Waals surface area contributed by atoms with Crippen LogP contribution in [0.3, 0.4) is 0 Å². The number of nitrogens with zero attached hydrogens (tertiary/aromatic N) is 2. The van der Waals surface area contributed by atoms with E-state index >= 15 is 0 Å². The topological polar surface area (TPSA) is 85.5 Å². The zero-order valence-electron chi connectivity index (χ0n) is 12.6. The third kappa shape index (κ3) is 3.48. The molecular weight excluding hydrogens is 314 g/mol. The van der Waals surface area contributed by atoms with Crippen LogP contribution >= 0.6 is 11.6 Å². The lowest BCUT2D eigenvalue weighted by Crippen LogP contribution is -2.58. The Hall–Kier alpha value is -0.890. The summed E-state index contributed by atoms with van der Waals surface area (Å²) in [5, 5.41) is 0.128. The lowest BCUT2D eigenvalue weighted by Gasteiger charge is -2.46. The number of morpholine rings is 1. The number of hydrogen-bond donors (Lipinski definition) is 1. The van der Waals surface area contributed by atoms with E-state index in [-0.39, 0.29) is 28.8 Å². The molecule has 1 saturated heterocycles. The molecule has 0 saturated carbocycles. The average Bonchev–Trinajstić information content (AvgIpc) is 2.28. The van der Waals surface area contributed by atoms with Crippen molar-refractivity contribution < 1.29 is 13.2 Å². The summed E-state index contributed by atoms with van der Waals surface area (Å²) < 4.78 is 32.8. The molecule has 0 radical (unpaired) electrons. The molecule has 21 heavy (non-hydrogen) atoms. The van der Waals surface area contributed by atoms with E-state index in [1.54, 1.807) is 0 Å². The van der Waals surface area contributed by atoms with Crippen LogP contribution in [0.1, 0.15) is 27.7 Å². The summed E-state index contributed by atoms with van der Waals surface area (Å²) in [5.74, 6) is 0.109. The Bertz CT molecular complexity index is 643. The van der Waals surface area contributed by atoms with Crippen molar-refractivity contribution in [1.82, 2.24) is 9.29 Å². The molecule has 0 aliphatic carbocycles. The van der Waals surface area contributed by atoms with Gasteiger partial charge in [-0.15, -0.1) is 0 Å². The lowest BCUT2D eigenvalue weighted by atomic mass is 10.0. The van der Waals surface area contributed by atoms with Crippen LogP contribution < -0.4 is 5.73 Å². The van der Waals surface area contributed by atoms with Gasteiger partial charge >= 0.3 is 0 Å². The number of rotatable bonds is 2. The van der Waals surface area contributed by atoms with Gasteiger partial charge in [-0.25, -0.2) is 13.4 Å². The molecule has 2 N–H and O–H groups in total. The fourth-order valence-electron chi connectivity index (χ4n) is 2.61. The molecule has 0 bridgehead atoms. The maximum Gasteiger partial charge on any atom is 0.244 e. The van der Waals surface area contributed by atoms with E-state index < -0.39 is 21.2 Å². The molecule has 1 aliphatic heterocycles. The van der Waals surface area contributed by atoms with Gasteiger partial charge in [0.2, 0.25) is 10.0 Å². The Morgan fingerprint density at radius 2 is 1.81 bits per heavy atom. The molecule has 1 aromatic rings. The van der Waals surface area contributed by atoms with Crippen molar-refractivity contribution in [2.24, 2.45) is 0 Å². The predicted molar refractivity (Wildman–Crippen MR) is 81.7 cm³/mol.